The predicted molar refractivity (Wildman–Crippen MR) is 58.4 cm³/mol. The van der Waals surface area contributed by atoms with Crippen molar-refractivity contribution >= 4 is 11.7 Å². The molecule has 16 heavy (non-hydrogen) atoms. The van der Waals surface area contributed by atoms with Gasteiger partial charge in [0.1, 0.15) is 17.5 Å². The summed E-state index contributed by atoms with van der Waals surface area (Å²) >= 11 is 1.06. The highest BCUT2D eigenvalue weighted by molar-refractivity contribution is 6.99. The lowest BCUT2D eigenvalue weighted by Crippen LogP contribution is -2.10. The Bertz CT molecular complexity index is 433. The van der Waals surface area contributed by atoms with Gasteiger partial charge in [-0.3, -0.25) is 4.68 Å². The van der Waals surface area contributed by atoms with Gasteiger partial charge < -0.3 is 9.84 Å². The average molecular weight is 240 g/mol. The third kappa shape index (κ3) is 1.79. The lowest BCUT2D eigenvalue weighted by Gasteiger charge is -2.11. The Morgan fingerprint density at radius 2 is 2.38 bits per heavy atom. The summed E-state index contributed by atoms with van der Waals surface area (Å²) in [5.74, 6) is 0.558. The molecule has 0 saturated heterocycles. The van der Waals surface area contributed by atoms with E-state index >= 15 is 0 Å². The minimum atomic E-state index is -0.851. The zero-order valence-electron chi connectivity index (χ0n) is 8.99. The first-order valence-corrected chi connectivity index (χ1v) is 5.56. The van der Waals surface area contributed by atoms with Crippen molar-refractivity contribution < 1.29 is 9.84 Å². The number of hydrogen-bond acceptors (Lipinski definition) is 6. The van der Waals surface area contributed by atoms with E-state index in [0.717, 1.165) is 11.7 Å². The molecule has 86 valence electrons. The van der Waals surface area contributed by atoms with Crippen LogP contribution in [0.3, 0.4) is 0 Å². The molecule has 7 heteroatoms. The largest absolute Gasteiger partial charge is 0.493 e. The Morgan fingerprint density at radius 1 is 1.56 bits per heavy atom. The van der Waals surface area contributed by atoms with Crippen LogP contribution in [0.4, 0.5) is 0 Å². The standard InChI is InChI=1S/C9H12N4O2S/c1-3-13-8(7(15-2)5-10-13)9(14)6-4-11-16-12-6/h4-5,9,14H,3H2,1-2H3. The monoisotopic (exact) mass is 240 g/mol. The minimum Gasteiger partial charge on any atom is -0.493 e. The van der Waals surface area contributed by atoms with Crippen molar-refractivity contribution in [2.24, 2.45) is 0 Å². The zero-order chi connectivity index (χ0) is 11.5. The van der Waals surface area contributed by atoms with Crippen LogP contribution in [0.5, 0.6) is 5.75 Å². The molecule has 0 aliphatic heterocycles. The van der Waals surface area contributed by atoms with Crippen LogP contribution in [-0.2, 0) is 6.54 Å². The number of ether oxygens (including phenoxy) is 1. The smallest absolute Gasteiger partial charge is 0.163 e. The van der Waals surface area contributed by atoms with Crippen molar-refractivity contribution in [3.8, 4) is 5.75 Å². The van der Waals surface area contributed by atoms with Crippen molar-refractivity contribution in [2.45, 2.75) is 19.6 Å². The molecule has 0 saturated carbocycles. The summed E-state index contributed by atoms with van der Waals surface area (Å²) in [4.78, 5) is 0. The summed E-state index contributed by atoms with van der Waals surface area (Å²) in [5.41, 5.74) is 1.12. The maximum absolute atomic E-state index is 10.2. The quantitative estimate of drug-likeness (QED) is 0.857. The predicted octanol–water partition coefficient (Wildman–Crippen LogP) is 0.845. The van der Waals surface area contributed by atoms with Gasteiger partial charge in [0.25, 0.3) is 0 Å². The highest BCUT2D eigenvalue weighted by Gasteiger charge is 2.22. The number of aryl methyl sites for hydroxylation is 1. The molecular formula is C9H12N4O2S. The molecule has 0 amide bonds. The fourth-order valence-electron chi connectivity index (χ4n) is 1.50. The fourth-order valence-corrected chi connectivity index (χ4v) is 1.94. The van der Waals surface area contributed by atoms with Crippen LogP contribution in [0, 0.1) is 0 Å². The molecule has 2 aromatic heterocycles. The maximum Gasteiger partial charge on any atom is 0.163 e. The van der Waals surface area contributed by atoms with Gasteiger partial charge in [0.05, 0.1) is 31.2 Å². The molecule has 1 unspecified atom stereocenters. The number of rotatable bonds is 4. The zero-order valence-corrected chi connectivity index (χ0v) is 9.81. The number of methoxy groups -OCH3 is 1. The highest BCUT2D eigenvalue weighted by Crippen LogP contribution is 2.28. The van der Waals surface area contributed by atoms with Crippen LogP contribution in [0.2, 0.25) is 0 Å². The second-order valence-electron chi connectivity index (χ2n) is 3.15. The van der Waals surface area contributed by atoms with Gasteiger partial charge in [-0.2, -0.15) is 13.8 Å². The Hall–Kier alpha value is -1.47. The third-order valence-electron chi connectivity index (χ3n) is 2.28. The number of aromatic nitrogens is 4. The van der Waals surface area contributed by atoms with Crippen molar-refractivity contribution in [2.75, 3.05) is 7.11 Å². The molecule has 2 rings (SSSR count). The third-order valence-corrected chi connectivity index (χ3v) is 2.77. The van der Waals surface area contributed by atoms with Gasteiger partial charge in [-0.15, -0.1) is 0 Å². The molecule has 0 aromatic carbocycles. The van der Waals surface area contributed by atoms with Gasteiger partial charge in [0, 0.05) is 6.54 Å². The first kappa shape index (κ1) is 11.0. The lowest BCUT2D eigenvalue weighted by molar-refractivity contribution is 0.199. The van der Waals surface area contributed by atoms with Gasteiger partial charge >= 0.3 is 0 Å². The van der Waals surface area contributed by atoms with Crippen molar-refractivity contribution in [3.05, 3.63) is 23.8 Å². The second-order valence-corrected chi connectivity index (χ2v) is 3.71. The molecule has 0 bridgehead atoms. The van der Waals surface area contributed by atoms with Crippen LogP contribution in [0.1, 0.15) is 24.4 Å². The van der Waals surface area contributed by atoms with E-state index in [-0.39, 0.29) is 0 Å². The highest BCUT2D eigenvalue weighted by atomic mass is 32.1. The van der Waals surface area contributed by atoms with Crippen LogP contribution in [0.25, 0.3) is 0 Å². The van der Waals surface area contributed by atoms with Crippen LogP contribution < -0.4 is 4.74 Å². The van der Waals surface area contributed by atoms with E-state index in [2.05, 4.69) is 13.8 Å². The van der Waals surface area contributed by atoms with Gasteiger partial charge in [0.15, 0.2) is 5.75 Å². The number of nitrogens with zero attached hydrogens (tertiary/aromatic N) is 4. The summed E-state index contributed by atoms with van der Waals surface area (Å²) in [5, 5.41) is 14.3. The van der Waals surface area contributed by atoms with Crippen LogP contribution in [-0.4, -0.2) is 30.7 Å². The normalized spacial score (nSPS) is 12.7. The molecule has 0 fully saturated rings. The Labute approximate surface area is 96.8 Å². The SMILES string of the molecule is CCn1ncc(OC)c1C(O)c1cnsn1. The summed E-state index contributed by atoms with van der Waals surface area (Å²) in [6.07, 6.45) is 2.28. The van der Waals surface area contributed by atoms with Gasteiger partial charge in [-0.05, 0) is 6.92 Å². The van der Waals surface area contributed by atoms with Crippen LogP contribution in [0.15, 0.2) is 12.4 Å². The average Bonchev–Trinajstić information content (AvgIpc) is 2.96. The number of hydrogen-bond donors (Lipinski definition) is 1. The van der Waals surface area contributed by atoms with E-state index in [1.54, 1.807) is 24.2 Å². The molecule has 0 aliphatic rings. The van der Waals surface area contributed by atoms with Gasteiger partial charge in [-0.25, -0.2) is 0 Å². The molecule has 1 atom stereocenters. The van der Waals surface area contributed by atoms with Gasteiger partial charge in [-0.1, -0.05) is 0 Å². The molecule has 0 radical (unpaired) electrons. The first-order chi connectivity index (χ1) is 7.77. The fraction of sp³-hybridized carbons (Fsp3) is 0.444. The first-order valence-electron chi connectivity index (χ1n) is 4.83. The van der Waals surface area contributed by atoms with Crippen LogP contribution >= 0.6 is 11.7 Å². The summed E-state index contributed by atoms with van der Waals surface area (Å²) < 4.78 is 14.7. The van der Waals surface area contributed by atoms with E-state index in [0.29, 0.717) is 23.7 Å². The van der Waals surface area contributed by atoms with Gasteiger partial charge in [0.2, 0.25) is 0 Å². The lowest BCUT2D eigenvalue weighted by atomic mass is 10.2. The molecule has 6 nitrogen and oxygen atoms in total. The number of aliphatic hydroxyl groups is 1. The number of aliphatic hydroxyl groups excluding tert-OH is 1. The van der Waals surface area contributed by atoms with E-state index in [1.165, 1.54) is 0 Å². The Kier molecular flexibility index (Phi) is 3.16. The maximum atomic E-state index is 10.2. The minimum absolute atomic E-state index is 0.513. The molecule has 0 aliphatic carbocycles. The molecule has 0 spiro atoms. The van der Waals surface area contributed by atoms with Crippen molar-refractivity contribution in [3.63, 3.8) is 0 Å². The van der Waals surface area contributed by atoms with Crippen molar-refractivity contribution in [1.82, 2.24) is 18.5 Å². The molecular weight excluding hydrogens is 228 g/mol. The van der Waals surface area contributed by atoms with E-state index in [9.17, 15) is 5.11 Å². The van der Waals surface area contributed by atoms with E-state index < -0.39 is 6.10 Å². The topological polar surface area (TPSA) is 73.1 Å². The summed E-state index contributed by atoms with van der Waals surface area (Å²) in [7, 11) is 1.55. The van der Waals surface area contributed by atoms with E-state index in [4.69, 9.17) is 4.74 Å². The summed E-state index contributed by atoms with van der Waals surface area (Å²) in [6, 6.07) is 0. The summed E-state index contributed by atoms with van der Waals surface area (Å²) in [6.45, 7) is 2.61. The van der Waals surface area contributed by atoms with E-state index in [1.807, 2.05) is 6.92 Å². The Balaban J connectivity index is 2.41. The van der Waals surface area contributed by atoms with Crippen molar-refractivity contribution in [1.29, 1.82) is 0 Å². The molecule has 1 N–H and O–H groups in total. The second kappa shape index (κ2) is 4.58. The molecule has 2 heterocycles. The molecule has 2 aromatic rings. The Morgan fingerprint density at radius 3 is 2.94 bits per heavy atom.